The molecule has 0 amide bonds. The van der Waals surface area contributed by atoms with Gasteiger partial charge in [0.05, 0.1) is 0 Å². The summed E-state index contributed by atoms with van der Waals surface area (Å²) in [7, 11) is 0. The van der Waals surface area contributed by atoms with E-state index in [-0.39, 0.29) is 0 Å². The van der Waals surface area contributed by atoms with Gasteiger partial charge in [-0.3, -0.25) is 0 Å². The van der Waals surface area contributed by atoms with E-state index in [1.54, 1.807) is 0 Å². The fraction of sp³-hybridized carbons (Fsp3) is 1.00. The molecule has 0 spiro atoms. The van der Waals surface area contributed by atoms with Crippen LogP contribution < -0.4 is 0 Å². The van der Waals surface area contributed by atoms with Gasteiger partial charge in [-0.2, -0.15) is 0 Å². The van der Waals surface area contributed by atoms with Gasteiger partial charge in [0.1, 0.15) is 4.98 Å². The zero-order chi connectivity index (χ0) is 4.12. The molecular weight excluding hydrogens is 64.0 g/mol. The molecule has 0 aromatic heterocycles. The lowest BCUT2D eigenvalue weighted by atomic mass is 10.5. The Morgan fingerprint density at radius 1 is 1.80 bits per heavy atom. The van der Waals surface area contributed by atoms with E-state index in [0.717, 1.165) is 6.42 Å². The average molecular weight is 71.1 g/mol. The van der Waals surface area contributed by atoms with Crippen LogP contribution in [0.5, 0.6) is 0 Å². The van der Waals surface area contributed by atoms with Crippen LogP contribution in [0.25, 0.3) is 4.98 Å². The normalized spacial score (nSPS) is 6.40. The van der Waals surface area contributed by atoms with E-state index in [2.05, 4.69) is 4.98 Å². The number of hydrogen-bond acceptors (Lipinski definition) is 1. The molecule has 0 unspecified atom stereocenters. The van der Waals surface area contributed by atoms with Crippen molar-refractivity contribution in [1.82, 2.24) is 0 Å². The van der Waals surface area contributed by atoms with Crippen molar-refractivity contribution in [3.63, 3.8) is 0 Å². The van der Waals surface area contributed by atoms with Crippen molar-refractivity contribution in [2.24, 2.45) is 0 Å². The van der Waals surface area contributed by atoms with Crippen molar-refractivity contribution in [3.8, 4) is 0 Å². The molecule has 0 radical (unpaired) electrons. The van der Waals surface area contributed by atoms with Crippen LogP contribution in [0.2, 0.25) is 0 Å². The molecule has 0 aliphatic carbocycles. The molecule has 0 rings (SSSR count). The summed E-state index contributed by atoms with van der Waals surface area (Å²) < 4.78 is 0. The van der Waals surface area contributed by atoms with E-state index in [4.69, 9.17) is 5.39 Å². The Morgan fingerprint density at radius 3 is 2.40 bits per heavy atom. The zero-order valence-corrected chi connectivity index (χ0v) is 3.31. The van der Waals surface area contributed by atoms with E-state index in [9.17, 15) is 0 Å². The molecule has 0 N–H and O–H groups in total. The van der Waals surface area contributed by atoms with Crippen LogP contribution in [-0.2, 0) is 0 Å². The van der Waals surface area contributed by atoms with Crippen LogP contribution in [0.4, 0.5) is 0 Å². The second-order valence-corrected chi connectivity index (χ2v) is 0.865. The van der Waals surface area contributed by atoms with Crippen LogP contribution in [0, 0.1) is 5.39 Å². The molecule has 28 valence electrons. The summed E-state index contributed by atoms with van der Waals surface area (Å²) in [6.07, 6.45) is 0.927. The van der Waals surface area contributed by atoms with Gasteiger partial charge in [-0.15, -0.1) is 0 Å². The second kappa shape index (κ2) is 3.42. The fourth-order valence-electron chi connectivity index (χ4n) is 0.1000. The van der Waals surface area contributed by atoms with Gasteiger partial charge in [0.2, 0.25) is 5.39 Å². The van der Waals surface area contributed by atoms with Crippen molar-refractivity contribution in [3.05, 3.63) is 4.98 Å². The van der Waals surface area contributed by atoms with Gasteiger partial charge in [0.25, 0.3) is 0 Å². The third-order valence-electron chi connectivity index (χ3n) is 0.324. The summed E-state index contributed by atoms with van der Waals surface area (Å²) >= 11 is 0. The number of nitrogens with zero attached hydrogens (tertiary/aromatic N) is 2. The first-order chi connectivity index (χ1) is 2.41. The van der Waals surface area contributed by atoms with Gasteiger partial charge in [-0.25, -0.2) is 0 Å². The summed E-state index contributed by atoms with van der Waals surface area (Å²) in [6, 6.07) is 0. The predicted molar refractivity (Wildman–Crippen MR) is 20.2 cm³/mol. The van der Waals surface area contributed by atoms with Gasteiger partial charge in [-0.1, -0.05) is 6.92 Å². The molecule has 2 heteroatoms. The first kappa shape index (κ1) is 4.42. The topological polar surface area (TPSA) is 28.1 Å². The van der Waals surface area contributed by atoms with Gasteiger partial charge in [0, 0.05) is 6.42 Å². The van der Waals surface area contributed by atoms with Crippen molar-refractivity contribution in [2.45, 2.75) is 13.3 Å². The quantitative estimate of drug-likeness (QED) is 0.427. The molecule has 0 aliphatic heterocycles. The molecule has 0 saturated heterocycles. The third kappa shape index (κ3) is 3.42. The largest absolute Gasteiger partial charge is 0.305 e. The maximum atomic E-state index is 7.69. The van der Waals surface area contributed by atoms with E-state index in [1.807, 2.05) is 6.92 Å². The molecule has 0 aromatic rings. The highest BCUT2D eigenvalue weighted by Gasteiger charge is 1.80. The Hall–Kier alpha value is -0.580. The minimum absolute atomic E-state index is 0.569. The second-order valence-electron chi connectivity index (χ2n) is 0.865. The minimum atomic E-state index is 0.569. The molecule has 5 heavy (non-hydrogen) atoms. The molecule has 2 nitrogen and oxygen atoms in total. The standard InChI is InChI=1S/C3H7N2/c1-2-3-5-4/h2-3H2,1H3/q+1. The molecule has 0 atom stereocenters. The number of hydrogen-bond donors (Lipinski definition) is 0. The molecule has 0 fully saturated rings. The highest BCUT2D eigenvalue weighted by atomic mass is 14.8. The molecular formula is C3H7N2+. The van der Waals surface area contributed by atoms with E-state index in [1.165, 1.54) is 0 Å². The number of diazo groups is 1. The lowest BCUT2D eigenvalue weighted by Gasteiger charge is -1.53. The molecule has 0 heterocycles. The van der Waals surface area contributed by atoms with Crippen molar-refractivity contribution < 1.29 is 0 Å². The summed E-state index contributed by atoms with van der Waals surface area (Å²) in [5.41, 5.74) is 0. The van der Waals surface area contributed by atoms with Gasteiger partial charge >= 0.3 is 6.54 Å². The minimum Gasteiger partial charge on any atom is -0.0579 e. The monoisotopic (exact) mass is 71.1 g/mol. The molecule has 0 saturated carbocycles. The molecule has 0 aliphatic rings. The van der Waals surface area contributed by atoms with Gasteiger partial charge in [-0.05, 0) is 0 Å². The summed E-state index contributed by atoms with van der Waals surface area (Å²) in [5, 5.41) is 7.69. The van der Waals surface area contributed by atoms with E-state index in [0.29, 0.717) is 6.54 Å². The van der Waals surface area contributed by atoms with Crippen molar-refractivity contribution >= 4 is 0 Å². The van der Waals surface area contributed by atoms with Crippen LogP contribution in [0.3, 0.4) is 0 Å². The average Bonchev–Trinajstić information content (AvgIpc) is 1.41. The van der Waals surface area contributed by atoms with Crippen molar-refractivity contribution in [2.75, 3.05) is 6.54 Å². The van der Waals surface area contributed by atoms with Crippen LogP contribution >= 0.6 is 0 Å². The van der Waals surface area contributed by atoms with Crippen LogP contribution in [-0.4, -0.2) is 6.54 Å². The zero-order valence-electron chi connectivity index (χ0n) is 3.31. The first-order valence-corrected chi connectivity index (χ1v) is 1.72. The Labute approximate surface area is 31.4 Å². The third-order valence-corrected chi connectivity index (χ3v) is 0.324. The fourth-order valence-corrected chi connectivity index (χ4v) is 0.1000. The lowest BCUT2D eigenvalue weighted by Crippen LogP contribution is -1.62. The Kier molecular flexibility index (Phi) is 3.02. The van der Waals surface area contributed by atoms with E-state index >= 15 is 0 Å². The maximum Gasteiger partial charge on any atom is 0.305 e. The highest BCUT2D eigenvalue weighted by Crippen LogP contribution is 1.71. The molecule has 0 aromatic carbocycles. The smallest absolute Gasteiger partial charge is 0.0579 e. The molecule has 0 bridgehead atoms. The van der Waals surface area contributed by atoms with Gasteiger partial charge in [0.15, 0.2) is 0 Å². The first-order valence-electron chi connectivity index (χ1n) is 1.72. The summed E-state index contributed by atoms with van der Waals surface area (Å²) in [6.45, 7) is 2.53. The SMILES string of the molecule is CCC[N+]#N. The number of rotatable bonds is 1. The Bertz CT molecular complexity index is 43.3. The summed E-state index contributed by atoms with van der Waals surface area (Å²) in [5.74, 6) is 0. The predicted octanol–water partition coefficient (Wildman–Crippen LogP) is 1.25. The summed E-state index contributed by atoms with van der Waals surface area (Å²) in [4.78, 5) is 2.85. The Balaban J connectivity index is 2.48. The lowest BCUT2D eigenvalue weighted by molar-refractivity contribution is 1.01. The van der Waals surface area contributed by atoms with Crippen LogP contribution in [0.15, 0.2) is 0 Å². The van der Waals surface area contributed by atoms with Crippen molar-refractivity contribution in [1.29, 1.82) is 5.39 Å². The maximum absolute atomic E-state index is 7.69. The van der Waals surface area contributed by atoms with Crippen LogP contribution in [0.1, 0.15) is 13.3 Å². The Morgan fingerprint density at radius 2 is 2.40 bits per heavy atom. The van der Waals surface area contributed by atoms with Gasteiger partial charge < -0.3 is 0 Å². The van der Waals surface area contributed by atoms with E-state index < -0.39 is 0 Å². The highest BCUT2D eigenvalue weighted by molar-refractivity contribution is 4.46.